The van der Waals surface area contributed by atoms with Crippen molar-refractivity contribution in [2.75, 3.05) is 17.7 Å². The first-order valence-electron chi connectivity index (χ1n) is 10.4. The number of nitrogens with one attached hydrogen (secondary N) is 2. The molecular formula is C22H27N7OS. The molecule has 2 N–H and O–H groups in total. The summed E-state index contributed by atoms with van der Waals surface area (Å²) < 4.78 is 7.41. The number of aryl methyl sites for hydroxylation is 4. The molecule has 3 heterocycles. The predicted octanol–water partition coefficient (Wildman–Crippen LogP) is 4.85. The molecular weight excluding hydrogens is 410 g/mol. The van der Waals surface area contributed by atoms with Crippen LogP contribution in [0.1, 0.15) is 35.5 Å². The van der Waals surface area contributed by atoms with Crippen LogP contribution in [0.4, 0.5) is 16.9 Å². The summed E-state index contributed by atoms with van der Waals surface area (Å²) in [6.07, 6.45) is 2.76. The average molecular weight is 438 g/mol. The highest BCUT2D eigenvalue weighted by molar-refractivity contribution is 7.15. The molecule has 0 fully saturated rings. The van der Waals surface area contributed by atoms with Crippen molar-refractivity contribution in [1.82, 2.24) is 24.5 Å². The second-order valence-corrected chi connectivity index (χ2v) is 8.35. The zero-order chi connectivity index (χ0) is 22.0. The number of nitrogens with zero attached hydrogens (tertiary/aromatic N) is 5. The summed E-state index contributed by atoms with van der Waals surface area (Å²) >= 11 is 1.63. The zero-order valence-corrected chi connectivity index (χ0v) is 19.3. The minimum atomic E-state index is 0.485. The lowest BCUT2D eigenvalue weighted by atomic mass is 10.1. The van der Waals surface area contributed by atoms with E-state index in [1.165, 1.54) is 4.88 Å². The average Bonchev–Trinajstić information content (AvgIpc) is 3.34. The molecule has 0 aliphatic heterocycles. The molecule has 0 amide bonds. The van der Waals surface area contributed by atoms with Gasteiger partial charge >= 0.3 is 0 Å². The third-order valence-electron chi connectivity index (χ3n) is 5.16. The number of benzene rings is 1. The van der Waals surface area contributed by atoms with E-state index in [1.807, 2.05) is 24.5 Å². The van der Waals surface area contributed by atoms with Crippen molar-refractivity contribution < 1.29 is 4.74 Å². The van der Waals surface area contributed by atoms with Crippen LogP contribution in [-0.2, 0) is 19.5 Å². The SMILES string of the molecule is CCc1sc(Nc2nc(NCc3ccc(OC)c(C)c3)c3c(ncn3CC)n2)nc1C. The van der Waals surface area contributed by atoms with Crippen LogP contribution in [0.15, 0.2) is 24.5 Å². The van der Waals surface area contributed by atoms with Crippen molar-refractivity contribution in [3.8, 4) is 5.75 Å². The van der Waals surface area contributed by atoms with Gasteiger partial charge in [-0.25, -0.2) is 9.97 Å². The molecule has 0 aliphatic rings. The van der Waals surface area contributed by atoms with Crippen molar-refractivity contribution >= 4 is 39.4 Å². The lowest BCUT2D eigenvalue weighted by Gasteiger charge is -2.12. The van der Waals surface area contributed by atoms with Crippen LogP contribution in [0.25, 0.3) is 11.2 Å². The van der Waals surface area contributed by atoms with Gasteiger partial charge in [0.25, 0.3) is 0 Å². The van der Waals surface area contributed by atoms with E-state index < -0.39 is 0 Å². The van der Waals surface area contributed by atoms with Crippen LogP contribution in [0, 0.1) is 13.8 Å². The molecule has 3 aromatic heterocycles. The van der Waals surface area contributed by atoms with Gasteiger partial charge in [0.05, 0.1) is 19.1 Å². The number of methoxy groups -OCH3 is 1. The van der Waals surface area contributed by atoms with Gasteiger partial charge in [0.2, 0.25) is 5.95 Å². The molecule has 8 nitrogen and oxygen atoms in total. The molecule has 0 spiro atoms. The summed E-state index contributed by atoms with van der Waals surface area (Å²) in [5.74, 6) is 2.11. The van der Waals surface area contributed by atoms with Crippen LogP contribution < -0.4 is 15.4 Å². The monoisotopic (exact) mass is 437 g/mol. The van der Waals surface area contributed by atoms with Crippen LogP contribution in [0.5, 0.6) is 5.75 Å². The van der Waals surface area contributed by atoms with E-state index in [9.17, 15) is 0 Å². The Balaban J connectivity index is 1.65. The number of aromatic nitrogens is 5. The topological polar surface area (TPSA) is 89.8 Å². The van der Waals surface area contributed by atoms with E-state index in [0.29, 0.717) is 18.1 Å². The van der Waals surface area contributed by atoms with E-state index >= 15 is 0 Å². The standard InChI is InChI=1S/C22H27N7OS/c1-6-17-14(4)25-22(31-17)28-21-26-19(18-20(27-21)24-12-29(18)7-2)23-11-15-8-9-16(30-5)13(3)10-15/h8-10,12H,6-7,11H2,1-5H3,(H2,23,25,26,27,28). The fourth-order valence-corrected chi connectivity index (χ4v) is 4.44. The summed E-state index contributed by atoms with van der Waals surface area (Å²) in [4.78, 5) is 19.7. The second kappa shape index (κ2) is 8.89. The number of hydrogen-bond donors (Lipinski definition) is 2. The summed E-state index contributed by atoms with van der Waals surface area (Å²) in [6, 6.07) is 6.16. The molecule has 0 radical (unpaired) electrons. The lowest BCUT2D eigenvalue weighted by Crippen LogP contribution is -2.07. The van der Waals surface area contributed by atoms with Crippen LogP contribution in [0.3, 0.4) is 0 Å². The third-order valence-corrected chi connectivity index (χ3v) is 6.38. The van der Waals surface area contributed by atoms with E-state index in [2.05, 4.69) is 51.6 Å². The maximum absolute atomic E-state index is 5.36. The summed E-state index contributed by atoms with van der Waals surface area (Å²) in [5.41, 5.74) is 4.82. The van der Waals surface area contributed by atoms with Crippen molar-refractivity contribution in [2.45, 2.75) is 47.2 Å². The number of fused-ring (bicyclic) bond motifs is 1. The van der Waals surface area contributed by atoms with Crippen molar-refractivity contribution in [3.63, 3.8) is 0 Å². The molecule has 0 saturated carbocycles. The van der Waals surface area contributed by atoms with E-state index in [-0.39, 0.29) is 0 Å². The third kappa shape index (κ3) is 4.32. The van der Waals surface area contributed by atoms with E-state index in [0.717, 1.165) is 52.0 Å². The maximum atomic E-state index is 5.36. The number of thiazole rings is 1. The Hall–Kier alpha value is -3.20. The minimum Gasteiger partial charge on any atom is -0.496 e. The van der Waals surface area contributed by atoms with Gasteiger partial charge in [-0.05, 0) is 44.4 Å². The Bertz CT molecular complexity index is 1210. The van der Waals surface area contributed by atoms with Gasteiger partial charge in [-0.1, -0.05) is 19.1 Å². The summed E-state index contributed by atoms with van der Waals surface area (Å²) in [6.45, 7) is 9.69. The van der Waals surface area contributed by atoms with Crippen molar-refractivity contribution in [2.24, 2.45) is 0 Å². The highest BCUT2D eigenvalue weighted by atomic mass is 32.1. The Kier molecular flexibility index (Phi) is 6.03. The lowest BCUT2D eigenvalue weighted by molar-refractivity contribution is 0.411. The Morgan fingerprint density at radius 3 is 2.65 bits per heavy atom. The van der Waals surface area contributed by atoms with Crippen LogP contribution in [0.2, 0.25) is 0 Å². The largest absolute Gasteiger partial charge is 0.496 e. The van der Waals surface area contributed by atoms with E-state index in [1.54, 1.807) is 24.8 Å². The molecule has 162 valence electrons. The Labute approximate surface area is 185 Å². The Morgan fingerprint density at radius 2 is 1.97 bits per heavy atom. The first-order valence-corrected chi connectivity index (χ1v) is 11.2. The first-order chi connectivity index (χ1) is 15.0. The maximum Gasteiger partial charge on any atom is 0.233 e. The quantitative estimate of drug-likeness (QED) is 0.407. The number of imidazole rings is 1. The van der Waals surface area contributed by atoms with E-state index in [4.69, 9.17) is 9.72 Å². The molecule has 31 heavy (non-hydrogen) atoms. The summed E-state index contributed by atoms with van der Waals surface area (Å²) in [7, 11) is 1.69. The molecule has 4 rings (SSSR count). The molecule has 0 saturated heterocycles. The minimum absolute atomic E-state index is 0.485. The van der Waals surface area contributed by atoms with Crippen molar-refractivity contribution in [3.05, 3.63) is 46.2 Å². The highest BCUT2D eigenvalue weighted by Crippen LogP contribution is 2.28. The molecule has 0 unspecified atom stereocenters. The fourth-order valence-electron chi connectivity index (χ4n) is 3.54. The predicted molar refractivity (Wildman–Crippen MR) is 126 cm³/mol. The first kappa shape index (κ1) is 21.0. The number of hydrogen-bond acceptors (Lipinski definition) is 8. The van der Waals surface area contributed by atoms with Gasteiger partial charge < -0.3 is 14.6 Å². The van der Waals surface area contributed by atoms with Gasteiger partial charge in [0, 0.05) is 18.0 Å². The van der Waals surface area contributed by atoms with Crippen LogP contribution in [-0.4, -0.2) is 31.6 Å². The van der Waals surface area contributed by atoms with Crippen LogP contribution >= 0.6 is 11.3 Å². The normalized spacial score (nSPS) is 11.1. The summed E-state index contributed by atoms with van der Waals surface area (Å²) in [5, 5.41) is 7.53. The molecule has 0 aliphatic carbocycles. The van der Waals surface area contributed by atoms with Gasteiger partial charge in [0.1, 0.15) is 11.3 Å². The Morgan fingerprint density at radius 1 is 1.13 bits per heavy atom. The van der Waals surface area contributed by atoms with Crippen molar-refractivity contribution in [1.29, 1.82) is 0 Å². The van der Waals surface area contributed by atoms with Gasteiger partial charge in [-0.2, -0.15) is 9.97 Å². The zero-order valence-electron chi connectivity index (χ0n) is 18.5. The molecule has 0 atom stereocenters. The second-order valence-electron chi connectivity index (χ2n) is 7.26. The molecule has 9 heteroatoms. The molecule has 4 aromatic rings. The molecule has 0 bridgehead atoms. The smallest absolute Gasteiger partial charge is 0.233 e. The number of ether oxygens (including phenoxy) is 1. The highest BCUT2D eigenvalue weighted by Gasteiger charge is 2.15. The van der Waals surface area contributed by atoms with Gasteiger partial charge in [0.15, 0.2) is 16.6 Å². The number of rotatable bonds is 8. The fraction of sp³-hybridized carbons (Fsp3) is 0.364. The number of anilines is 3. The van der Waals surface area contributed by atoms with Gasteiger partial charge in [-0.15, -0.1) is 11.3 Å². The van der Waals surface area contributed by atoms with Gasteiger partial charge in [-0.3, -0.25) is 5.32 Å². The molecule has 1 aromatic carbocycles.